The van der Waals surface area contributed by atoms with Crippen molar-refractivity contribution in [2.45, 2.75) is 0 Å². The highest BCUT2D eigenvalue weighted by Crippen LogP contribution is 2.54. The molecule has 0 saturated heterocycles. The minimum absolute atomic E-state index is 0.504. The van der Waals surface area contributed by atoms with Crippen molar-refractivity contribution in [3.05, 3.63) is 194 Å². The van der Waals surface area contributed by atoms with Gasteiger partial charge in [0.05, 0.1) is 0 Å². The summed E-state index contributed by atoms with van der Waals surface area (Å²) in [5, 5.41) is 19.2. The summed E-state index contributed by atoms with van der Waals surface area (Å²) in [5.41, 5.74) is 10.4. The van der Waals surface area contributed by atoms with Crippen molar-refractivity contribution in [1.29, 1.82) is 0 Å². The van der Waals surface area contributed by atoms with Crippen LogP contribution in [0.15, 0.2) is 194 Å². The van der Waals surface area contributed by atoms with Crippen LogP contribution in [0.1, 0.15) is 0 Å². The molecule has 0 amide bonds. The molecule has 272 valence electrons. The molecule has 2 aromatic heterocycles. The monoisotopic (exact) mass is 772 g/mol. The van der Waals surface area contributed by atoms with E-state index in [2.05, 4.69) is 207 Å². The Morgan fingerprint density at radius 1 is 0.276 bits per heavy atom. The molecule has 0 nitrogen and oxygen atoms in total. The summed E-state index contributed by atoms with van der Waals surface area (Å²) in [4.78, 5) is 0. The Labute approximate surface area is 339 Å². The first-order valence-corrected chi connectivity index (χ1v) is 23.7. The fourth-order valence-electron chi connectivity index (χ4n) is 10.2. The molecule has 0 aliphatic heterocycles. The molecule has 10 aromatic carbocycles. The lowest BCUT2D eigenvalue weighted by Gasteiger charge is -2.19. The van der Waals surface area contributed by atoms with Gasteiger partial charge < -0.3 is 0 Å². The maximum atomic E-state index is 2.54. The Hall–Kier alpha value is -6.42. The smallest absolute Gasteiger partial charge is 0.00996 e. The number of aryl methyl sites for hydroxylation is 2. The van der Waals surface area contributed by atoms with Crippen LogP contribution in [0.5, 0.6) is 0 Å². The fraction of sp³-hybridized carbons (Fsp3) is 0.0357. The van der Waals surface area contributed by atoms with E-state index in [1.807, 2.05) is 0 Å². The van der Waals surface area contributed by atoms with Gasteiger partial charge >= 0.3 is 0 Å². The van der Waals surface area contributed by atoms with E-state index < -0.39 is 15.1 Å². The molecule has 0 radical (unpaired) electrons. The molecule has 2 atom stereocenters. The van der Waals surface area contributed by atoms with Crippen LogP contribution in [0.2, 0.25) is 0 Å². The van der Waals surface area contributed by atoms with Crippen LogP contribution < -0.4 is 0 Å². The van der Waals surface area contributed by atoms with Gasteiger partial charge in [-0.3, -0.25) is 0 Å². The number of benzene rings is 10. The molecule has 2 heterocycles. The lowest BCUT2D eigenvalue weighted by atomic mass is 9.84. The van der Waals surface area contributed by atoms with E-state index in [4.69, 9.17) is 0 Å². The molecular weight excluding hydrogens is 735 g/mol. The van der Waals surface area contributed by atoms with Crippen molar-refractivity contribution in [3.63, 3.8) is 0 Å². The van der Waals surface area contributed by atoms with Gasteiger partial charge in [0.2, 0.25) is 0 Å². The van der Waals surface area contributed by atoms with Crippen molar-refractivity contribution in [2.75, 3.05) is 0 Å². The third-order valence-corrected chi connectivity index (χ3v) is 17.2. The van der Waals surface area contributed by atoms with E-state index in [1.165, 1.54) is 119 Å². The molecule has 0 spiro atoms. The maximum Gasteiger partial charge on any atom is 0.00996 e. The lowest BCUT2D eigenvalue weighted by molar-refractivity contribution is 1.64. The minimum atomic E-state index is -0.504. The van der Waals surface area contributed by atoms with Crippen molar-refractivity contribution >= 4 is 89.4 Å². The molecule has 0 bridgehead atoms. The zero-order valence-electron chi connectivity index (χ0n) is 32.4. The molecule has 2 heteroatoms. The zero-order valence-corrected chi connectivity index (χ0v) is 34.2. The predicted molar refractivity (Wildman–Crippen MR) is 258 cm³/mol. The summed E-state index contributed by atoms with van der Waals surface area (Å²) >= 11 is 0. The summed E-state index contributed by atoms with van der Waals surface area (Å²) in [6, 6.07) is 73.4. The van der Waals surface area contributed by atoms with Crippen molar-refractivity contribution in [3.8, 4) is 44.5 Å². The van der Waals surface area contributed by atoms with Gasteiger partial charge in [0.15, 0.2) is 0 Å². The fourth-order valence-corrected chi connectivity index (χ4v) is 14.6. The molecule has 58 heavy (non-hydrogen) atoms. The van der Waals surface area contributed by atoms with Gasteiger partial charge in [-0.2, -0.15) is 0 Å². The zero-order chi connectivity index (χ0) is 38.5. The van der Waals surface area contributed by atoms with Gasteiger partial charge in [-0.15, -0.1) is 15.1 Å². The van der Waals surface area contributed by atoms with Crippen LogP contribution in [-0.2, 0) is 13.3 Å². The van der Waals surface area contributed by atoms with Gasteiger partial charge in [0, 0.05) is 20.5 Å². The number of fused-ring (bicyclic) bond motifs is 9. The SMILES string of the molecule is Cp1c2ccccc2c2cccc(-c3cccc4c(-c5cc(-c6ccccc6)c6ccccc6c5)c5cccc(-c6cccc7c8ccccc8p(C)c67)c5cc34)c21. The second kappa shape index (κ2) is 13.1. The number of rotatable bonds is 4. The van der Waals surface area contributed by atoms with Gasteiger partial charge in [-0.1, -0.05) is 176 Å². The minimum Gasteiger partial charge on any atom is -0.111 e. The highest BCUT2D eigenvalue weighted by molar-refractivity contribution is 7.60. The van der Waals surface area contributed by atoms with E-state index in [1.54, 1.807) is 0 Å². The van der Waals surface area contributed by atoms with Gasteiger partial charge in [-0.25, -0.2) is 0 Å². The first kappa shape index (κ1) is 33.7. The van der Waals surface area contributed by atoms with E-state index in [-0.39, 0.29) is 0 Å². The van der Waals surface area contributed by atoms with Crippen molar-refractivity contribution in [1.82, 2.24) is 0 Å². The molecule has 12 aromatic rings. The van der Waals surface area contributed by atoms with E-state index in [0.29, 0.717) is 0 Å². The third kappa shape index (κ3) is 4.90. The predicted octanol–water partition coefficient (Wildman–Crippen LogP) is 17.5. The molecule has 12 rings (SSSR count). The summed E-state index contributed by atoms with van der Waals surface area (Å²) < 4.78 is 0. The average molecular weight is 773 g/mol. The average Bonchev–Trinajstić information content (AvgIpc) is 3.75. The van der Waals surface area contributed by atoms with Crippen LogP contribution >= 0.6 is 15.1 Å². The lowest BCUT2D eigenvalue weighted by Crippen LogP contribution is -1.92. The Balaban J connectivity index is 1.24. The largest absolute Gasteiger partial charge is 0.111 e. The van der Waals surface area contributed by atoms with E-state index >= 15 is 0 Å². The van der Waals surface area contributed by atoms with Gasteiger partial charge in [0.25, 0.3) is 0 Å². The first-order chi connectivity index (χ1) is 28.6. The third-order valence-electron chi connectivity index (χ3n) is 12.7. The van der Waals surface area contributed by atoms with E-state index in [9.17, 15) is 0 Å². The molecule has 0 aliphatic rings. The van der Waals surface area contributed by atoms with Gasteiger partial charge in [0.1, 0.15) is 0 Å². The van der Waals surface area contributed by atoms with Crippen LogP contribution in [-0.4, -0.2) is 0 Å². The summed E-state index contributed by atoms with van der Waals surface area (Å²) in [7, 11) is -1.01. The second-order valence-electron chi connectivity index (χ2n) is 15.7. The maximum absolute atomic E-state index is 2.54. The molecule has 0 fully saturated rings. The Morgan fingerprint density at radius 3 is 1.29 bits per heavy atom. The van der Waals surface area contributed by atoms with Gasteiger partial charge in [-0.05, 0) is 130 Å². The molecule has 0 aliphatic carbocycles. The summed E-state index contributed by atoms with van der Waals surface area (Å²) in [6.07, 6.45) is 0. The van der Waals surface area contributed by atoms with Crippen LogP contribution in [0.4, 0.5) is 0 Å². The quantitative estimate of drug-likeness (QED) is 0.156. The highest BCUT2D eigenvalue weighted by atomic mass is 31.1. The van der Waals surface area contributed by atoms with Crippen LogP contribution in [0, 0.1) is 0 Å². The molecule has 0 N–H and O–H groups in total. The number of hydrogen-bond acceptors (Lipinski definition) is 0. The first-order valence-electron chi connectivity index (χ1n) is 20.1. The normalized spacial score (nSPS) is 12.6. The van der Waals surface area contributed by atoms with Crippen LogP contribution in [0.3, 0.4) is 0 Å². The Morgan fingerprint density at radius 2 is 0.724 bits per heavy atom. The Bertz CT molecular complexity index is 3460. The van der Waals surface area contributed by atoms with Crippen molar-refractivity contribution < 1.29 is 0 Å². The molecular formula is C56H38P2. The summed E-state index contributed by atoms with van der Waals surface area (Å²) in [6.45, 7) is 4.90. The van der Waals surface area contributed by atoms with Crippen molar-refractivity contribution in [2.24, 2.45) is 13.3 Å². The topological polar surface area (TPSA) is 0 Å². The molecule has 2 unspecified atom stereocenters. The summed E-state index contributed by atoms with van der Waals surface area (Å²) in [5.74, 6) is 0. The number of hydrogen-bond donors (Lipinski definition) is 0. The molecule has 0 saturated carbocycles. The second-order valence-corrected chi connectivity index (χ2v) is 19.8. The van der Waals surface area contributed by atoms with Crippen LogP contribution in [0.25, 0.3) is 119 Å². The Kier molecular flexibility index (Phi) is 7.59. The standard InChI is InChI=1S/C56H38P2/c1-57-52-30-10-8-20-41(52)47-28-14-26-45(55(47)57)39-22-12-24-43-50(39)34-51-40(46-27-15-29-48-42-21-9-11-31-53(42)58(2)56(46)48)23-13-25-44(51)54(43)37-32-36-18-6-7-19-38(36)49(33-37)35-16-4-3-5-17-35/h3-34H,1-2H3. The van der Waals surface area contributed by atoms with E-state index in [0.717, 1.165) is 0 Å². The highest BCUT2D eigenvalue weighted by Gasteiger charge is 2.21.